The van der Waals surface area contributed by atoms with E-state index < -0.39 is 0 Å². The van der Waals surface area contributed by atoms with Crippen LogP contribution in [0.3, 0.4) is 0 Å². The standard InChI is InChI=1S/C9H10O/c10-6-8-5-7-3-1-2-4-9(7)8/h1-4,8,10H,5-6H2. The van der Waals surface area contributed by atoms with Gasteiger partial charge >= 0.3 is 0 Å². The highest BCUT2D eigenvalue weighted by atomic mass is 16.3. The minimum atomic E-state index is 0.303. The summed E-state index contributed by atoms with van der Waals surface area (Å²) in [6.45, 7) is 0.303. The molecular formula is C9H10O. The molecule has 1 aliphatic carbocycles. The zero-order valence-corrected chi connectivity index (χ0v) is 5.75. The van der Waals surface area contributed by atoms with Crippen LogP contribution in [-0.2, 0) is 6.42 Å². The van der Waals surface area contributed by atoms with Crippen LogP contribution in [0.15, 0.2) is 24.3 Å². The maximum absolute atomic E-state index is 8.83. The lowest BCUT2D eigenvalue weighted by Crippen LogP contribution is -2.19. The fourth-order valence-electron chi connectivity index (χ4n) is 1.53. The van der Waals surface area contributed by atoms with Crippen LogP contribution >= 0.6 is 0 Å². The number of fused-ring (bicyclic) bond motifs is 1. The second kappa shape index (κ2) is 2.10. The Balaban J connectivity index is 2.34. The molecule has 1 atom stereocenters. The molecular weight excluding hydrogens is 124 g/mol. The van der Waals surface area contributed by atoms with E-state index in [0.29, 0.717) is 12.5 Å². The SMILES string of the molecule is OCC1Cc2ccccc21. The van der Waals surface area contributed by atoms with Gasteiger partial charge in [-0.3, -0.25) is 0 Å². The van der Waals surface area contributed by atoms with Gasteiger partial charge in [-0.1, -0.05) is 24.3 Å². The normalized spacial score (nSPS) is 21.5. The van der Waals surface area contributed by atoms with Crippen molar-refractivity contribution in [1.82, 2.24) is 0 Å². The van der Waals surface area contributed by atoms with Gasteiger partial charge in [0.05, 0.1) is 6.61 Å². The molecule has 52 valence electrons. The van der Waals surface area contributed by atoms with E-state index in [1.54, 1.807) is 0 Å². The highest BCUT2D eigenvalue weighted by molar-refractivity contribution is 5.39. The molecule has 2 rings (SSSR count). The lowest BCUT2D eigenvalue weighted by molar-refractivity contribution is 0.253. The van der Waals surface area contributed by atoms with Crippen molar-refractivity contribution in [2.75, 3.05) is 6.61 Å². The second-order valence-electron chi connectivity index (χ2n) is 2.78. The van der Waals surface area contributed by atoms with Crippen molar-refractivity contribution in [3.05, 3.63) is 35.4 Å². The van der Waals surface area contributed by atoms with Gasteiger partial charge in [0.2, 0.25) is 0 Å². The van der Waals surface area contributed by atoms with Crippen molar-refractivity contribution in [2.45, 2.75) is 12.3 Å². The van der Waals surface area contributed by atoms with Gasteiger partial charge in [0.25, 0.3) is 0 Å². The monoisotopic (exact) mass is 134 g/mol. The first-order valence-electron chi connectivity index (χ1n) is 3.60. The molecule has 0 saturated heterocycles. The van der Waals surface area contributed by atoms with Gasteiger partial charge in [-0.25, -0.2) is 0 Å². The molecule has 1 aromatic carbocycles. The van der Waals surface area contributed by atoms with Crippen LogP contribution in [0.4, 0.5) is 0 Å². The lowest BCUT2D eigenvalue weighted by Gasteiger charge is -2.27. The predicted octanol–water partition coefficient (Wildman–Crippen LogP) is 1.32. The highest BCUT2D eigenvalue weighted by Crippen LogP contribution is 2.33. The van der Waals surface area contributed by atoms with Crippen LogP contribution in [0.2, 0.25) is 0 Å². The quantitative estimate of drug-likeness (QED) is 0.614. The third kappa shape index (κ3) is 0.673. The number of rotatable bonds is 1. The first-order chi connectivity index (χ1) is 4.92. The molecule has 0 radical (unpaired) electrons. The van der Waals surface area contributed by atoms with E-state index >= 15 is 0 Å². The van der Waals surface area contributed by atoms with E-state index in [1.165, 1.54) is 11.1 Å². The average molecular weight is 134 g/mol. The molecule has 0 heterocycles. The molecule has 0 spiro atoms. The lowest BCUT2D eigenvalue weighted by atomic mass is 9.78. The Hall–Kier alpha value is -0.820. The van der Waals surface area contributed by atoms with Gasteiger partial charge in [-0.2, -0.15) is 0 Å². The minimum Gasteiger partial charge on any atom is -0.396 e. The van der Waals surface area contributed by atoms with E-state index in [0.717, 1.165) is 6.42 Å². The molecule has 1 N–H and O–H groups in total. The number of benzene rings is 1. The summed E-state index contributed by atoms with van der Waals surface area (Å²) in [5, 5.41) is 8.83. The Labute approximate surface area is 60.3 Å². The molecule has 0 amide bonds. The predicted molar refractivity (Wildman–Crippen MR) is 40.0 cm³/mol. The van der Waals surface area contributed by atoms with Crippen LogP contribution in [0.5, 0.6) is 0 Å². The fraction of sp³-hybridized carbons (Fsp3) is 0.333. The number of aliphatic hydroxyl groups excluding tert-OH is 1. The summed E-state index contributed by atoms with van der Waals surface area (Å²) in [4.78, 5) is 0. The van der Waals surface area contributed by atoms with E-state index in [4.69, 9.17) is 5.11 Å². The van der Waals surface area contributed by atoms with Crippen LogP contribution in [0, 0.1) is 0 Å². The molecule has 0 bridgehead atoms. The zero-order valence-electron chi connectivity index (χ0n) is 5.75. The highest BCUT2D eigenvalue weighted by Gasteiger charge is 2.23. The van der Waals surface area contributed by atoms with Gasteiger partial charge in [0.1, 0.15) is 0 Å². The molecule has 1 unspecified atom stereocenters. The van der Waals surface area contributed by atoms with Crippen molar-refractivity contribution in [2.24, 2.45) is 0 Å². The maximum Gasteiger partial charge on any atom is 0.0503 e. The van der Waals surface area contributed by atoms with Crippen LogP contribution < -0.4 is 0 Å². The van der Waals surface area contributed by atoms with Gasteiger partial charge in [0, 0.05) is 5.92 Å². The van der Waals surface area contributed by atoms with Gasteiger partial charge in [-0.05, 0) is 17.5 Å². The molecule has 1 aromatic rings. The van der Waals surface area contributed by atoms with Gasteiger partial charge in [0.15, 0.2) is 0 Å². The molecule has 1 heteroatoms. The number of aliphatic hydroxyl groups is 1. The zero-order chi connectivity index (χ0) is 6.97. The molecule has 0 aliphatic heterocycles. The van der Waals surface area contributed by atoms with Crippen LogP contribution in [0.25, 0.3) is 0 Å². The average Bonchev–Trinajstić information content (AvgIpc) is 1.92. The van der Waals surface area contributed by atoms with Crippen molar-refractivity contribution >= 4 is 0 Å². The largest absolute Gasteiger partial charge is 0.396 e. The Morgan fingerprint density at radius 1 is 1.40 bits per heavy atom. The molecule has 10 heavy (non-hydrogen) atoms. The van der Waals surface area contributed by atoms with Crippen molar-refractivity contribution in [1.29, 1.82) is 0 Å². The summed E-state index contributed by atoms with van der Waals surface area (Å²) < 4.78 is 0. The van der Waals surface area contributed by atoms with E-state index in [-0.39, 0.29) is 0 Å². The topological polar surface area (TPSA) is 20.2 Å². The Kier molecular flexibility index (Phi) is 1.24. The summed E-state index contributed by atoms with van der Waals surface area (Å²) in [6, 6.07) is 8.30. The summed E-state index contributed by atoms with van der Waals surface area (Å²) in [6.07, 6.45) is 1.06. The first kappa shape index (κ1) is 5.93. The smallest absolute Gasteiger partial charge is 0.0503 e. The molecule has 0 saturated carbocycles. The number of hydrogen-bond acceptors (Lipinski definition) is 1. The number of hydrogen-bond donors (Lipinski definition) is 1. The molecule has 0 aromatic heterocycles. The third-order valence-corrected chi connectivity index (χ3v) is 2.18. The van der Waals surface area contributed by atoms with Crippen LogP contribution in [0.1, 0.15) is 17.0 Å². The Morgan fingerprint density at radius 2 is 2.20 bits per heavy atom. The van der Waals surface area contributed by atoms with E-state index in [2.05, 4.69) is 12.1 Å². The fourth-order valence-corrected chi connectivity index (χ4v) is 1.53. The van der Waals surface area contributed by atoms with E-state index in [9.17, 15) is 0 Å². The maximum atomic E-state index is 8.83. The third-order valence-electron chi connectivity index (χ3n) is 2.18. The Morgan fingerprint density at radius 3 is 2.90 bits per heavy atom. The first-order valence-corrected chi connectivity index (χ1v) is 3.60. The van der Waals surface area contributed by atoms with Crippen molar-refractivity contribution in [3.8, 4) is 0 Å². The molecule has 1 nitrogen and oxygen atoms in total. The molecule has 0 fully saturated rings. The van der Waals surface area contributed by atoms with Crippen molar-refractivity contribution in [3.63, 3.8) is 0 Å². The Bertz CT molecular complexity index is 242. The summed E-state index contributed by atoms with van der Waals surface area (Å²) in [7, 11) is 0. The summed E-state index contributed by atoms with van der Waals surface area (Å²) in [5.74, 6) is 0.427. The molecule has 1 aliphatic rings. The summed E-state index contributed by atoms with van der Waals surface area (Å²) in [5.41, 5.74) is 2.74. The van der Waals surface area contributed by atoms with Crippen LogP contribution in [-0.4, -0.2) is 11.7 Å². The minimum absolute atomic E-state index is 0.303. The van der Waals surface area contributed by atoms with Crippen molar-refractivity contribution < 1.29 is 5.11 Å². The van der Waals surface area contributed by atoms with Gasteiger partial charge in [-0.15, -0.1) is 0 Å². The van der Waals surface area contributed by atoms with Gasteiger partial charge < -0.3 is 5.11 Å². The van der Waals surface area contributed by atoms with E-state index in [1.807, 2.05) is 12.1 Å². The summed E-state index contributed by atoms with van der Waals surface area (Å²) >= 11 is 0. The second-order valence-corrected chi connectivity index (χ2v) is 2.78.